The summed E-state index contributed by atoms with van der Waals surface area (Å²) < 4.78 is 24.1. The van der Waals surface area contributed by atoms with E-state index in [1.807, 2.05) is 24.3 Å². The minimum absolute atomic E-state index is 0.121. The topological polar surface area (TPSA) is 50.8 Å². The summed E-state index contributed by atoms with van der Waals surface area (Å²) in [4.78, 5) is 14.4. The van der Waals surface area contributed by atoms with Crippen LogP contribution in [0.25, 0.3) is 0 Å². The van der Waals surface area contributed by atoms with Crippen molar-refractivity contribution in [2.45, 2.75) is 6.42 Å². The number of ether oxygens (including phenoxy) is 2. The molecule has 1 aliphatic heterocycles. The van der Waals surface area contributed by atoms with Gasteiger partial charge in [-0.1, -0.05) is 12.1 Å². The Bertz CT molecular complexity index is 715. The average Bonchev–Trinajstić information content (AvgIpc) is 2.70. The quantitative estimate of drug-likeness (QED) is 0.774. The zero-order valence-electron chi connectivity index (χ0n) is 14.6. The van der Waals surface area contributed by atoms with Crippen LogP contribution in [-0.4, -0.2) is 45.4 Å². The van der Waals surface area contributed by atoms with Crippen molar-refractivity contribution in [3.8, 4) is 5.75 Å². The molecule has 1 heterocycles. The molecule has 0 unspecified atom stereocenters. The van der Waals surface area contributed by atoms with Crippen molar-refractivity contribution >= 4 is 11.6 Å². The van der Waals surface area contributed by atoms with Crippen LogP contribution in [0.2, 0.25) is 0 Å². The van der Waals surface area contributed by atoms with Gasteiger partial charge in [-0.05, 0) is 42.8 Å². The molecule has 138 valence electrons. The standard InChI is InChI=1S/C20H23FN2O3/c21-18-4-1-2-5-19(18)26-13-3-10-22-20(24)16-6-8-17(9-7-16)23-11-14-25-15-12-23/h1-2,4-9H,3,10-15H2,(H,22,24). The summed E-state index contributed by atoms with van der Waals surface area (Å²) in [6.07, 6.45) is 0.603. The first-order valence-corrected chi connectivity index (χ1v) is 8.82. The third-order valence-electron chi connectivity index (χ3n) is 4.21. The lowest BCUT2D eigenvalue weighted by molar-refractivity contribution is 0.0951. The van der Waals surface area contributed by atoms with Gasteiger partial charge in [-0.25, -0.2) is 4.39 Å². The van der Waals surface area contributed by atoms with Crippen molar-refractivity contribution in [1.29, 1.82) is 0 Å². The van der Waals surface area contributed by atoms with Crippen LogP contribution in [0.3, 0.4) is 0 Å². The molecule has 1 saturated heterocycles. The number of morpholine rings is 1. The Labute approximate surface area is 152 Å². The molecule has 2 aromatic carbocycles. The van der Waals surface area contributed by atoms with E-state index in [9.17, 15) is 9.18 Å². The maximum absolute atomic E-state index is 13.4. The number of anilines is 1. The first-order chi connectivity index (χ1) is 12.7. The Morgan fingerprint density at radius 2 is 1.85 bits per heavy atom. The van der Waals surface area contributed by atoms with Gasteiger partial charge < -0.3 is 19.7 Å². The van der Waals surface area contributed by atoms with Crippen molar-refractivity contribution in [2.75, 3.05) is 44.4 Å². The number of carbonyl (C=O) groups excluding carboxylic acids is 1. The summed E-state index contributed by atoms with van der Waals surface area (Å²) in [6, 6.07) is 13.9. The van der Waals surface area contributed by atoms with Crippen LogP contribution in [0.15, 0.2) is 48.5 Å². The molecule has 26 heavy (non-hydrogen) atoms. The molecule has 0 aromatic heterocycles. The van der Waals surface area contributed by atoms with Gasteiger partial charge >= 0.3 is 0 Å². The van der Waals surface area contributed by atoms with E-state index in [0.717, 1.165) is 32.0 Å². The summed E-state index contributed by atoms with van der Waals surface area (Å²) in [5.74, 6) is -0.265. The molecule has 3 rings (SSSR count). The van der Waals surface area contributed by atoms with Crippen LogP contribution in [0.1, 0.15) is 16.8 Å². The summed E-state index contributed by atoms with van der Waals surface area (Å²) in [6.45, 7) is 4.02. The van der Waals surface area contributed by atoms with E-state index < -0.39 is 0 Å². The molecule has 0 spiro atoms. The summed E-state index contributed by atoms with van der Waals surface area (Å²) in [5.41, 5.74) is 1.72. The normalized spacial score (nSPS) is 14.1. The summed E-state index contributed by atoms with van der Waals surface area (Å²) in [5, 5.41) is 2.85. The number of benzene rings is 2. The Balaban J connectivity index is 1.40. The highest BCUT2D eigenvalue weighted by molar-refractivity contribution is 5.94. The average molecular weight is 358 g/mol. The van der Waals surface area contributed by atoms with Gasteiger partial charge in [0.1, 0.15) is 0 Å². The minimum atomic E-state index is -0.378. The molecule has 0 bridgehead atoms. The van der Waals surface area contributed by atoms with Crippen molar-refractivity contribution in [3.05, 3.63) is 59.9 Å². The van der Waals surface area contributed by atoms with E-state index in [4.69, 9.17) is 9.47 Å². The molecule has 5 nitrogen and oxygen atoms in total. The number of halogens is 1. The fourth-order valence-electron chi connectivity index (χ4n) is 2.77. The SMILES string of the molecule is O=C(NCCCOc1ccccc1F)c1ccc(N2CCOCC2)cc1. The van der Waals surface area contributed by atoms with Gasteiger partial charge in [-0.3, -0.25) is 4.79 Å². The predicted molar refractivity (Wildman–Crippen MR) is 98.3 cm³/mol. The number of nitrogens with one attached hydrogen (secondary N) is 1. The van der Waals surface area contributed by atoms with Crippen LogP contribution in [0.4, 0.5) is 10.1 Å². The molecule has 0 saturated carbocycles. The van der Waals surface area contributed by atoms with E-state index >= 15 is 0 Å². The van der Waals surface area contributed by atoms with Gasteiger partial charge in [-0.15, -0.1) is 0 Å². The number of hydrogen-bond acceptors (Lipinski definition) is 4. The maximum atomic E-state index is 13.4. The molecule has 0 atom stereocenters. The number of rotatable bonds is 7. The highest BCUT2D eigenvalue weighted by atomic mass is 19.1. The van der Waals surface area contributed by atoms with Crippen LogP contribution in [-0.2, 0) is 4.74 Å². The predicted octanol–water partition coefficient (Wildman–Crippen LogP) is 2.86. The summed E-state index contributed by atoms with van der Waals surface area (Å²) in [7, 11) is 0. The molecule has 2 aromatic rings. The maximum Gasteiger partial charge on any atom is 0.251 e. The zero-order chi connectivity index (χ0) is 18.2. The number of hydrogen-bond donors (Lipinski definition) is 1. The third kappa shape index (κ3) is 4.95. The minimum Gasteiger partial charge on any atom is -0.490 e. The molecule has 1 amide bonds. The van der Waals surface area contributed by atoms with Gasteiger partial charge in [0.25, 0.3) is 5.91 Å². The van der Waals surface area contributed by atoms with Gasteiger partial charge in [0, 0.05) is 30.9 Å². The molecular formula is C20H23FN2O3. The number of carbonyl (C=O) groups is 1. The fraction of sp³-hybridized carbons (Fsp3) is 0.350. The zero-order valence-corrected chi connectivity index (χ0v) is 14.6. The number of amides is 1. The first-order valence-electron chi connectivity index (χ1n) is 8.82. The van der Waals surface area contributed by atoms with E-state index in [1.54, 1.807) is 18.2 Å². The second-order valence-corrected chi connectivity index (χ2v) is 6.03. The van der Waals surface area contributed by atoms with E-state index in [1.165, 1.54) is 6.07 Å². The lowest BCUT2D eigenvalue weighted by Gasteiger charge is -2.28. The van der Waals surface area contributed by atoms with Crippen LogP contribution in [0, 0.1) is 5.82 Å². The van der Waals surface area contributed by atoms with Crippen molar-refractivity contribution < 1.29 is 18.7 Å². The molecule has 6 heteroatoms. The highest BCUT2D eigenvalue weighted by Crippen LogP contribution is 2.17. The van der Waals surface area contributed by atoms with E-state index in [2.05, 4.69) is 10.2 Å². The summed E-state index contributed by atoms with van der Waals surface area (Å²) >= 11 is 0. The Morgan fingerprint density at radius 3 is 2.58 bits per heavy atom. The highest BCUT2D eigenvalue weighted by Gasteiger charge is 2.12. The molecule has 1 N–H and O–H groups in total. The lowest BCUT2D eigenvalue weighted by Crippen LogP contribution is -2.36. The Kier molecular flexibility index (Phi) is 6.44. The Morgan fingerprint density at radius 1 is 1.12 bits per heavy atom. The molecule has 0 aliphatic carbocycles. The molecule has 1 aliphatic rings. The van der Waals surface area contributed by atoms with E-state index in [-0.39, 0.29) is 17.5 Å². The van der Waals surface area contributed by atoms with Crippen molar-refractivity contribution in [2.24, 2.45) is 0 Å². The monoisotopic (exact) mass is 358 g/mol. The van der Waals surface area contributed by atoms with Gasteiger partial charge in [0.05, 0.1) is 19.8 Å². The largest absolute Gasteiger partial charge is 0.490 e. The fourth-order valence-corrected chi connectivity index (χ4v) is 2.77. The van der Waals surface area contributed by atoms with Crippen molar-refractivity contribution in [3.63, 3.8) is 0 Å². The number of para-hydroxylation sites is 1. The van der Waals surface area contributed by atoms with Gasteiger partial charge in [-0.2, -0.15) is 0 Å². The molecule has 1 fully saturated rings. The molecule has 0 radical (unpaired) electrons. The van der Waals surface area contributed by atoms with E-state index in [0.29, 0.717) is 25.1 Å². The Hall–Kier alpha value is -2.60. The van der Waals surface area contributed by atoms with Crippen LogP contribution < -0.4 is 15.0 Å². The lowest BCUT2D eigenvalue weighted by atomic mass is 10.1. The number of nitrogens with zero attached hydrogens (tertiary/aromatic N) is 1. The van der Waals surface area contributed by atoms with Crippen LogP contribution in [0.5, 0.6) is 5.75 Å². The van der Waals surface area contributed by atoms with Crippen LogP contribution >= 0.6 is 0 Å². The molecular weight excluding hydrogens is 335 g/mol. The van der Waals surface area contributed by atoms with Crippen molar-refractivity contribution in [1.82, 2.24) is 5.32 Å². The van der Waals surface area contributed by atoms with Gasteiger partial charge in [0.2, 0.25) is 0 Å². The van der Waals surface area contributed by atoms with Gasteiger partial charge in [0.15, 0.2) is 11.6 Å². The second kappa shape index (κ2) is 9.20. The second-order valence-electron chi connectivity index (χ2n) is 6.03. The first kappa shape index (κ1) is 18.2. The smallest absolute Gasteiger partial charge is 0.251 e. The third-order valence-corrected chi connectivity index (χ3v) is 4.21.